The number of nitrogens with two attached hydrogens (primary N) is 1. The van der Waals surface area contributed by atoms with Gasteiger partial charge in [0.15, 0.2) is 0 Å². The molecule has 1 saturated carbocycles. The Bertz CT molecular complexity index is 215. The van der Waals surface area contributed by atoms with Crippen molar-refractivity contribution in [3.63, 3.8) is 0 Å². The molecule has 2 N–H and O–H groups in total. The first-order valence-electron chi connectivity index (χ1n) is 5.03. The molecule has 1 aliphatic carbocycles. The first kappa shape index (κ1) is 10.2. The zero-order valence-corrected chi connectivity index (χ0v) is 7.98. The summed E-state index contributed by atoms with van der Waals surface area (Å²) in [4.78, 5) is 1.58. The smallest absolute Gasteiger partial charge is 0.328 e. The fourth-order valence-electron chi connectivity index (χ4n) is 2.22. The van der Waals surface area contributed by atoms with Crippen LogP contribution < -0.4 is 5.73 Å². The van der Waals surface area contributed by atoms with Gasteiger partial charge in [0.1, 0.15) is 5.54 Å². The van der Waals surface area contributed by atoms with E-state index in [-0.39, 0.29) is 18.9 Å². The number of likely N-dealkylation sites (tertiary alicyclic amines) is 1. The van der Waals surface area contributed by atoms with Gasteiger partial charge >= 0.3 is 6.18 Å². The molecule has 0 unspecified atom stereocenters. The third kappa shape index (κ3) is 1.52. The molecule has 82 valence electrons. The maximum atomic E-state index is 12.7. The van der Waals surface area contributed by atoms with Crippen LogP contribution in [0.3, 0.4) is 0 Å². The molecular formula is C9H15F3N2. The summed E-state index contributed by atoms with van der Waals surface area (Å²) in [5.41, 5.74) is 4.18. The summed E-state index contributed by atoms with van der Waals surface area (Å²) < 4.78 is 38.1. The molecule has 2 nitrogen and oxygen atoms in total. The van der Waals surface area contributed by atoms with E-state index in [9.17, 15) is 13.2 Å². The molecule has 0 bridgehead atoms. The number of nitrogens with zero attached hydrogens (tertiary/aromatic N) is 1. The molecule has 0 radical (unpaired) electrons. The fourth-order valence-corrected chi connectivity index (χ4v) is 2.22. The molecule has 1 saturated heterocycles. The molecular weight excluding hydrogens is 193 g/mol. The van der Waals surface area contributed by atoms with Gasteiger partial charge in [0.25, 0.3) is 0 Å². The molecule has 2 rings (SSSR count). The minimum atomic E-state index is -4.06. The summed E-state index contributed by atoms with van der Waals surface area (Å²) in [6.07, 6.45) is -2.14. The number of rotatable bonds is 1. The zero-order chi connectivity index (χ0) is 10.4. The number of piperidine rings is 1. The molecule has 14 heavy (non-hydrogen) atoms. The molecule has 2 fully saturated rings. The van der Waals surface area contributed by atoms with E-state index in [1.807, 2.05) is 0 Å². The maximum Gasteiger partial charge on any atom is 0.406 e. The van der Waals surface area contributed by atoms with Crippen LogP contribution in [0, 0.1) is 0 Å². The number of alkyl halides is 3. The quantitative estimate of drug-likeness (QED) is 0.707. The minimum absolute atomic E-state index is 0.0929. The van der Waals surface area contributed by atoms with Gasteiger partial charge in [-0.25, -0.2) is 0 Å². The van der Waals surface area contributed by atoms with Gasteiger partial charge in [-0.2, -0.15) is 13.2 Å². The van der Waals surface area contributed by atoms with Gasteiger partial charge < -0.3 is 5.73 Å². The van der Waals surface area contributed by atoms with Crippen LogP contribution in [0.4, 0.5) is 13.2 Å². The lowest BCUT2D eigenvalue weighted by Gasteiger charge is -2.37. The van der Waals surface area contributed by atoms with E-state index in [0.717, 1.165) is 0 Å². The fraction of sp³-hybridized carbons (Fsp3) is 1.00. The summed E-state index contributed by atoms with van der Waals surface area (Å²) in [6, 6.07) is 0.0929. The van der Waals surface area contributed by atoms with E-state index < -0.39 is 11.7 Å². The molecule has 0 spiro atoms. The average molecular weight is 208 g/mol. The first-order chi connectivity index (χ1) is 6.46. The summed E-state index contributed by atoms with van der Waals surface area (Å²) in [5.74, 6) is 0. The van der Waals surface area contributed by atoms with Gasteiger partial charge in [-0.3, -0.25) is 4.90 Å². The van der Waals surface area contributed by atoms with E-state index >= 15 is 0 Å². The van der Waals surface area contributed by atoms with Crippen molar-refractivity contribution in [2.75, 3.05) is 13.1 Å². The molecule has 0 atom stereocenters. The van der Waals surface area contributed by atoms with Crippen LogP contribution in [-0.4, -0.2) is 35.7 Å². The molecule has 1 aliphatic heterocycles. The third-order valence-corrected chi connectivity index (χ3v) is 3.40. The molecule has 2 aliphatic rings. The second-order valence-corrected chi connectivity index (χ2v) is 4.35. The van der Waals surface area contributed by atoms with Gasteiger partial charge in [0.05, 0.1) is 0 Å². The highest BCUT2D eigenvalue weighted by Crippen LogP contribution is 2.54. The molecule has 1 heterocycles. The van der Waals surface area contributed by atoms with Gasteiger partial charge in [-0.15, -0.1) is 0 Å². The Morgan fingerprint density at radius 1 is 1.14 bits per heavy atom. The number of halogens is 3. The lowest BCUT2D eigenvalue weighted by atomic mass is 10.0. The highest BCUT2D eigenvalue weighted by molar-refractivity contribution is 5.10. The van der Waals surface area contributed by atoms with Crippen molar-refractivity contribution >= 4 is 0 Å². The van der Waals surface area contributed by atoms with E-state index in [4.69, 9.17) is 5.73 Å². The predicted molar refractivity (Wildman–Crippen MR) is 46.8 cm³/mol. The zero-order valence-electron chi connectivity index (χ0n) is 7.98. The molecule has 0 amide bonds. The standard InChI is InChI=1S/C9H15F3N2/c10-9(11,12)8(3-4-8)14-5-1-7(13)2-6-14/h7H,1-6,13H2. The third-order valence-electron chi connectivity index (χ3n) is 3.40. The lowest BCUT2D eigenvalue weighted by Crippen LogP contribution is -2.53. The van der Waals surface area contributed by atoms with Crippen molar-refractivity contribution < 1.29 is 13.2 Å². The van der Waals surface area contributed by atoms with Crippen LogP contribution in [0.1, 0.15) is 25.7 Å². The number of hydrogen-bond acceptors (Lipinski definition) is 2. The monoisotopic (exact) mass is 208 g/mol. The van der Waals surface area contributed by atoms with Gasteiger partial charge in [0.2, 0.25) is 0 Å². The Morgan fingerprint density at radius 3 is 2.00 bits per heavy atom. The van der Waals surface area contributed by atoms with Crippen molar-refractivity contribution in [3.05, 3.63) is 0 Å². The van der Waals surface area contributed by atoms with Crippen LogP contribution in [0.2, 0.25) is 0 Å². The van der Waals surface area contributed by atoms with Crippen molar-refractivity contribution in [2.45, 2.75) is 43.4 Å². The van der Waals surface area contributed by atoms with E-state index in [1.54, 1.807) is 4.90 Å². The molecule has 0 aromatic rings. The van der Waals surface area contributed by atoms with E-state index in [2.05, 4.69) is 0 Å². The highest BCUT2D eigenvalue weighted by atomic mass is 19.4. The molecule has 0 aromatic heterocycles. The average Bonchev–Trinajstić information content (AvgIpc) is 2.84. The topological polar surface area (TPSA) is 29.3 Å². The van der Waals surface area contributed by atoms with Crippen molar-refractivity contribution in [1.29, 1.82) is 0 Å². The maximum absolute atomic E-state index is 12.7. The van der Waals surface area contributed by atoms with Crippen LogP contribution in [0.15, 0.2) is 0 Å². The Labute approximate surface area is 81.2 Å². The molecule has 5 heteroatoms. The summed E-state index contributed by atoms with van der Waals surface area (Å²) >= 11 is 0. The normalized spacial score (nSPS) is 29.1. The summed E-state index contributed by atoms with van der Waals surface area (Å²) in [6.45, 7) is 1.00. The number of hydrogen-bond donors (Lipinski definition) is 1. The van der Waals surface area contributed by atoms with Gasteiger partial charge in [-0.05, 0) is 25.7 Å². The van der Waals surface area contributed by atoms with E-state index in [1.165, 1.54) is 0 Å². The predicted octanol–water partition coefficient (Wildman–Crippen LogP) is 1.50. The van der Waals surface area contributed by atoms with Crippen LogP contribution in [0.25, 0.3) is 0 Å². The Morgan fingerprint density at radius 2 is 1.64 bits per heavy atom. The second-order valence-electron chi connectivity index (χ2n) is 4.35. The SMILES string of the molecule is NC1CCN(C2(C(F)(F)F)CC2)CC1. The second kappa shape index (κ2) is 3.10. The van der Waals surface area contributed by atoms with Crippen molar-refractivity contribution in [3.8, 4) is 0 Å². The van der Waals surface area contributed by atoms with Crippen LogP contribution >= 0.6 is 0 Å². The van der Waals surface area contributed by atoms with Crippen molar-refractivity contribution in [1.82, 2.24) is 4.90 Å². The van der Waals surface area contributed by atoms with Crippen molar-refractivity contribution in [2.24, 2.45) is 5.73 Å². The lowest BCUT2D eigenvalue weighted by molar-refractivity contribution is -0.198. The van der Waals surface area contributed by atoms with Gasteiger partial charge in [0, 0.05) is 19.1 Å². The molecule has 0 aromatic carbocycles. The van der Waals surface area contributed by atoms with Gasteiger partial charge in [-0.1, -0.05) is 0 Å². The van der Waals surface area contributed by atoms with Crippen LogP contribution in [0.5, 0.6) is 0 Å². The van der Waals surface area contributed by atoms with E-state index in [0.29, 0.717) is 25.9 Å². The first-order valence-corrected chi connectivity index (χ1v) is 5.03. The Kier molecular flexibility index (Phi) is 2.27. The summed E-state index contributed by atoms with van der Waals surface area (Å²) in [7, 11) is 0. The largest absolute Gasteiger partial charge is 0.406 e. The summed E-state index contributed by atoms with van der Waals surface area (Å²) in [5, 5.41) is 0. The Balaban J connectivity index is 2.02. The van der Waals surface area contributed by atoms with Crippen LogP contribution in [-0.2, 0) is 0 Å². The minimum Gasteiger partial charge on any atom is -0.328 e. The Hall–Kier alpha value is -0.290. The highest BCUT2D eigenvalue weighted by Gasteiger charge is 2.66.